The molecule has 0 saturated heterocycles. The van der Waals surface area contributed by atoms with Crippen molar-refractivity contribution in [3.8, 4) is 0 Å². The number of carboxylic acid groups (broad SMARTS) is 1. The Hall–Kier alpha value is -2.24. The van der Waals surface area contributed by atoms with E-state index in [2.05, 4.69) is 15.3 Å². The van der Waals surface area contributed by atoms with Crippen LogP contribution in [0.15, 0.2) is 23.3 Å². The molecule has 98 valence electrons. The third kappa shape index (κ3) is 1.80. The van der Waals surface area contributed by atoms with Crippen LogP contribution in [-0.4, -0.2) is 33.3 Å². The fourth-order valence-electron chi connectivity index (χ4n) is 2.35. The van der Waals surface area contributed by atoms with Crippen molar-refractivity contribution in [2.45, 2.75) is 25.3 Å². The number of nitrogens with zero attached hydrogens (tertiary/aromatic N) is 2. The molecule has 0 bridgehead atoms. The van der Waals surface area contributed by atoms with E-state index in [0.29, 0.717) is 0 Å². The average molecular weight is 259 g/mol. The SMILES string of the molecule is CC1(C2CC2)N=C(c2ncccc2C(=O)O)NC1=O. The lowest BCUT2D eigenvalue weighted by molar-refractivity contribution is -0.123. The van der Waals surface area contributed by atoms with Gasteiger partial charge in [-0.05, 0) is 37.8 Å². The number of amidine groups is 1. The van der Waals surface area contributed by atoms with E-state index in [9.17, 15) is 9.59 Å². The maximum Gasteiger partial charge on any atom is 0.338 e. The van der Waals surface area contributed by atoms with Gasteiger partial charge in [-0.25, -0.2) is 9.79 Å². The molecule has 2 N–H and O–H groups in total. The summed E-state index contributed by atoms with van der Waals surface area (Å²) >= 11 is 0. The van der Waals surface area contributed by atoms with Crippen LogP contribution in [0.5, 0.6) is 0 Å². The number of pyridine rings is 1. The molecule has 6 nitrogen and oxygen atoms in total. The first-order valence-corrected chi connectivity index (χ1v) is 6.12. The normalized spacial score (nSPS) is 25.9. The van der Waals surface area contributed by atoms with Gasteiger partial charge in [-0.2, -0.15) is 0 Å². The molecule has 2 aliphatic rings. The molecule has 0 radical (unpaired) electrons. The summed E-state index contributed by atoms with van der Waals surface area (Å²) in [6, 6.07) is 3.00. The molecule has 1 amide bonds. The quantitative estimate of drug-likeness (QED) is 0.840. The second-order valence-corrected chi connectivity index (χ2v) is 5.04. The molecule has 1 aromatic rings. The molecular formula is C13H13N3O3. The van der Waals surface area contributed by atoms with E-state index in [-0.39, 0.29) is 28.9 Å². The molecule has 1 atom stereocenters. The van der Waals surface area contributed by atoms with Crippen molar-refractivity contribution in [2.75, 3.05) is 0 Å². The van der Waals surface area contributed by atoms with Gasteiger partial charge < -0.3 is 10.4 Å². The molecule has 3 rings (SSSR count). The molecule has 1 fully saturated rings. The largest absolute Gasteiger partial charge is 0.478 e. The molecule has 1 aliphatic carbocycles. The van der Waals surface area contributed by atoms with Gasteiger partial charge in [-0.1, -0.05) is 0 Å². The van der Waals surface area contributed by atoms with Gasteiger partial charge in [0.25, 0.3) is 5.91 Å². The number of aromatic nitrogens is 1. The standard InChI is InChI=1S/C13H13N3O3/c1-13(7-4-5-7)12(19)15-10(16-13)9-8(11(17)18)3-2-6-14-9/h2-3,6-7H,4-5H2,1H3,(H,17,18)(H,15,16,19). The zero-order chi connectivity index (χ0) is 13.6. The molecular weight excluding hydrogens is 246 g/mol. The number of aromatic carboxylic acids is 1. The smallest absolute Gasteiger partial charge is 0.338 e. The van der Waals surface area contributed by atoms with E-state index >= 15 is 0 Å². The molecule has 1 saturated carbocycles. The van der Waals surface area contributed by atoms with Crippen molar-refractivity contribution in [1.82, 2.24) is 10.3 Å². The summed E-state index contributed by atoms with van der Waals surface area (Å²) < 4.78 is 0. The number of aliphatic imine (C=N–C) groups is 1. The number of carboxylic acids is 1. The molecule has 2 heterocycles. The summed E-state index contributed by atoms with van der Waals surface area (Å²) in [4.78, 5) is 31.6. The average Bonchev–Trinajstić information content (AvgIpc) is 3.18. The first kappa shape index (κ1) is 11.8. The van der Waals surface area contributed by atoms with Crippen molar-refractivity contribution in [1.29, 1.82) is 0 Å². The third-order valence-corrected chi connectivity index (χ3v) is 3.67. The Kier molecular flexibility index (Phi) is 2.41. The highest BCUT2D eigenvalue weighted by Gasteiger charge is 2.51. The van der Waals surface area contributed by atoms with E-state index in [1.165, 1.54) is 12.3 Å². The van der Waals surface area contributed by atoms with Crippen LogP contribution in [-0.2, 0) is 4.79 Å². The summed E-state index contributed by atoms with van der Waals surface area (Å²) in [7, 11) is 0. The fraction of sp³-hybridized carbons (Fsp3) is 0.385. The first-order valence-electron chi connectivity index (χ1n) is 6.12. The lowest BCUT2D eigenvalue weighted by atomic mass is 9.97. The number of amides is 1. The maximum absolute atomic E-state index is 12.0. The number of hydrogen-bond acceptors (Lipinski definition) is 4. The van der Waals surface area contributed by atoms with Crippen LogP contribution in [0.3, 0.4) is 0 Å². The van der Waals surface area contributed by atoms with Crippen LogP contribution < -0.4 is 5.32 Å². The van der Waals surface area contributed by atoms with Gasteiger partial charge in [0.05, 0.1) is 5.56 Å². The summed E-state index contributed by atoms with van der Waals surface area (Å²) in [5.74, 6) is -0.744. The Balaban J connectivity index is 2.04. The summed E-state index contributed by atoms with van der Waals surface area (Å²) in [6.45, 7) is 1.79. The van der Waals surface area contributed by atoms with Crippen molar-refractivity contribution in [2.24, 2.45) is 10.9 Å². The van der Waals surface area contributed by atoms with Gasteiger partial charge in [-0.3, -0.25) is 9.78 Å². The highest BCUT2D eigenvalue weighted by Crippen LogP contribution is 2.43. The molecule has 1 aliphatic heterocycles. The Labute approximate surface area is 109 Å². The van der Waals surface area contributed by atoms with Crippen molar-refractivity contribution in [3.05, 3.63) is 29.6 Å². The summed E-state index contributed by atoms with van der Waals surface area (Å²) in [6.07, 6.45) is 3.45. The van der Waals surface area contributed by atoms with Gasteiger partial charge >= 0.3 is 5.97 Å². The minimum absolute atomic E-state index is 0.0431. The Morgan fingerprint density at radius 3 is 2.89 bits per heavy atom. The molecule has 1 unspecified atom stereocenters. The van der Waals surface area contributed by atoms with Crippen LogP contribution in [0.1, 0.15) is 35.8 Å². The summed E-state index contributed by atoms with van der Waals surface area (Å²) in [5, 5.41) is 11.8. The van der Waals surface area contributed by atoms with Crippen molar-refractivity contribution in [3.63, 3.8) is 0 Å². The van der Waals surface area contributed by atoms with E-state index < -0.39 is 11.5 Å². The monoisotopic (exact) mass is 259 g/mol. The highest BCUT2D eigenvalue weighted by atomic mass is 16.4. The molecule has 6 heteroatoms. The van der Waals surface area contributed by atoms with Crippen LogP contribution in [0.2, 0.25) is 0 Å². The minimum Gasteiger partial charge on any atom is -0.478 e. The molecule has 0 spiro atoms. The van der Waals surface area contributed by atoms with Crippen LogP contribution in [0.4, 0.5) is 0 Å². The molecule has 1 aromatic heterocycles. The number of carbonyl (C=O) groups is 2. The minimum atomic E-state index is -1.08. The highest BCUT2D eigenvalue weighted by molar-refractivity contribution is 6.17. The van der Waals surface area contributed by atoms with Gasteiger partial charge in [0.2, 0.25) is 0 Å². The molecule has 19 heavy (non-hydrogen) atoms. The Morgan fingerprint density at radius 1 is 1.53 bits per heavy atom. The number of hydrogen-bond donors (Lipinski definition) is 2. The lowest BCUT2D eigenvalue weighted by Gasteiger charge is -2.15. The van der Waals surface area contributed by atoms with Crippen LogP contribution in [0.25, 0.3) is 0 Å². The predicted molar refractivity (Wildman–Crippen MR) is 67.0 cm³/mol. The number of carbonyl (C=O) groups excluding carboxylic acids is 1. The maximum atomic E-state index is 12.0. The molecule has 0 aromatic carbocycles. The fourth-order valence-corrected chi connectivity index (χ4v) is 2.35. The number of rotatable bonds is 3. The lowest BCUT2D eigenvalue weighted by Crippen LogP contribution is -2.39. The van der Waals surface area contributed by atoms with Gasteiger partial charge in [0.1, 0.15) is 11.2 Å². The Morgan fingerprint density at radius 2 is 2.26 bits per heavy atom. The third-order valence-electron chi connectivity index (χ3n) is 3.67. The first-order chi connectivity index (χ1) is 9.02. The van der Waals surface area contributed by atoms with E-state index in [1.807, 2.05) is 0 Å². The zero-order valence-electron chi connectivity index (χ0n) is 10.4. The van der Waals surface area contributed by atoms with Gasteiger partial charge in [-0.15, -0.1) is 0 Å². The topological polar surface area (TPSA) is 91.7 Å². The summed E-state index contributed by atoms with van der Waals surface area (Å²) in [5.41, 5.74) is -0.517. The second-order valence-electron chi connectivity index (χ2n) is 5.04. The van der Waals surface area contributed by atoms with Crippen LogP contribution in [0, 0.1) is 5.92 Å². The van der Waals surface area contributed by atoms with E-state index in [0.717, 1.165) is 12.8 Å². The zero-order valence-corrected chi connectivity index (χ0v) is 10.4. The second kappa shape index (κ2) is 3.88. The van der Waals surface area contributed by atoms with Crippen LogP contribution >= 0.6 is 0 Å². The predicted octanol–water partition coefficient (Wildman–Crippen LogP) is 0.825. The Bertz CT molecular complexity index is 607. The van der Waals surface area contributed by atoms with Crippen molar-refractivity contribution >= 4 is 17.7 Å². The van der Waals surface area contributed by atoms with Gasteiger partial charge in [0.15, 0.2) is 5.84 Å². The van der Waals surface area contributed by atoms with E-state index in [4.69, 9.17) is 5.11 Å². The van der Waals surface area contributed by atoms with Crippen molar-refractivity contribution < 1.29 is 14.7 Å². The number of nitrogens with one attached hydrogen (secondary N) is 1. The van der Waals surface area contributed by atoms with Gasteiger partial charge in [0, 0.05) is 6.20 Å². The van der Waals surface area contributed by atoms with E-state index in [1.54, 1.807) is 13.0 Å².